The molecule has 0 aliphatic rings. The summed E-state index contributed by atoms with van der Waals surface area (Å²) in [5, 5.41) is 0. The molecule has 1 aromatic carbocycles. The van der Waals surface area contributed by atoms with Gasteiger partial charge in [-0.2, -0.15) is 0 Å². The lowest BCUT2D eigenvalue weighted by Gasteiger charge is -2.14. The van der Waals surface area contributed by atoms with Crippen molar-refractivity contribution in [3.8, 4) is 5.75 Å². The number of rotatable bonds is 4. The second kappa shape index (κ2) is 7.01. The van der Waals surface area contributed by atoms with Crippen LogP contribution in [0.1, 0.15) is 18.0 Å². The zero-order valence-corrected chi connectivity index (χ0v) is 11.6. The molecule has 2 N–H and O–H groups in total. The summed E-state index contributed by atoms with van der Waals surface area (Å²) in [5.74, 6) is -0.290. The van der Waals surface area contributed by atoms with E-state index in [2.05, 4.69) is 27.2 Å². The molecule has 7 heteroatoms. The average Bonchev–Trinajstić information content (AvgIpc) is 2.14. The summed E-state index contributed by atoms with van der Waals surface area (Å²) >= 11 is 3.11. The van der Waals surface area contributed by atoms with Crippen molar-refractivity contribution in [1.82, 2.24) is 0 Å². The van der Waals surface area contributed by atoms with E-state index in [1.807, 2.05) is 0 Å². The first kappa shape index (κ1) is 17.3. The molecule has 0 spiro atoms. The van der Waals surface area contributed by atoms with Gasteiger partial charge in [-0.05, 0) is 30.2 Å². The van der Waals surface area contributed by atoms with Crippen LogP contribution in [0.2, 0.25) is 0 Å². The molecule has 0 aliphatic carbocycles. The number of alkyl halides is 3. The maximum Gasteiger partial charge on any atom is 0.573 e. The Labute approximate surface area is 118 Å². The molecule has 2 nitrogen and oxygen atoms in total. The SMILES string of the molecule is C=CC[C@H](N)c1cc(Br)cc(OC(F)(F)F)c1.Cl. The molecule has 0 bridgehead atoms. The predicted octanol–water partition coefficient (Wildman–Crippen LogP) is 4.35. The molecule has 18 heavy (non-hydrogen) atoms. The van der Waals surface area contributed by atoms with Crippen LogP contribution in [0.25, 0.3) is 0 Å². The van der Waals surface area contributed by atoms with Gasteiger partial charge in [0.2, 0.25) is 0 Å². The molecule has 0 amide bonds. The van der Waals surface area contributed by atoms with E-state index in [0.29, 0.717) is 16.5 Å². The molecular weight excluding hydrogens is 334 g/mol. The van der Waals surface area contributed by atoms with Crippen LogP contribution in [0.4, 0.5) is 13.2 Å². The van der Waals surface area contributed by atoms with Crippen LogP contribution < -0.4 is 10.5 Å². The van der Waals surface area contributed by atoms with E-state index >= 15 is 0 Å². The van der Waals surface area contributed by atoms with Crippen molar-refractivity contribution >= 4 is 28.3 Å². The molecule has 0 radical (unpaired) electrons. The molecule has 1 aromatic rings. The van der Waals surface area contributed by atoms with E-state index < -0.39 is 12.4 Å². The summed E-state index contributed by atoms with van der Waals surface area (Å²) in [6, 6.07) is 3.75. The largest absolute Gasteiger partial charge is 0.573 e. The number of hydrogen-bond donors (Lipinski definition) is 1. The molecule has 0 aromatic heterocycles. The third-order valence-corrected chi connectivity index (χ3v) is 2.43. The van der Waals surface area contributed by atoms with Crippen LogP contribution in [-0.4, -0.2) is 6.36 Å². The lowest BCUT2D eigenvalue weighted by molar-refractivity contribution is -0.274. The Kier molecular flexibility index (Phi) is 6.73. The zero-order chi connectivity index (χ0) is 13.1. The van der Waals surface area contributed by atoms with Gasteiger partial charge < -0.3 is 10.5 Å². The second-order valence-electron chi connectivity index (χ2n) is 3.40. The third-order valence-electron chi connectivity index (χ3n) is 1.98. The normalized spacial score (nSPS) is 12.5. The van der Waals surface area contributed by atoms with E-state index in [9.17, 15) is 13.2 Å². The van der Waals surface area contributed by atoms with Crippen molar-refractivity contribution in [2.45, 2.75) is 18.8 Å². The summed E-state index contributed by atoms with van der Waals surface area (Å²) in [4.78, 5) is 0. The minimum Gasteiger partial charge on any atom is -0.406 e. The highest BCUT2D eigenvalue weighted by Crippen LogP contribution is 2.29. The highest BCUT2D eigenvalue weighted by Gasteiger charge is 2.31. The Morgan fingerprint density at radius 3 is 2.50 bits per heavy atom. The van der Waals surface area contributed by atoms with Gasteiger partial charge in [-0.1, -0.05) is 22.0 Å². The van der Waals surface area contributed by atoms with Crippen molar-refractivity contribution in [3.05, 3.63) is 40.9 Å². The lowest BCUT2D eigenvalue weighted by atomic mass is 10.0. The van der Waals surface area contributed by atoms with Crippen LogP contribution in [0, 0.1) is 0 Å². The Hall–Kier alpha value is -0.720. The third kappa shape index (κ3) is 5.75. The minimum absolute atomic E-state index is 0. The Balaban J connectivity index is 0.00000289. The lowest BCUT2D eigenvalue weighted by Crippen LogP contribution is -2.17. The maximum absolute atomic E-state index is 12.1. The van der Waals surface area contributed by atoms with Gasteiger partial charge in [0.05, 0.1) is 0 Å². The first-order valence-corrected chi connectivity index (χ1v) is 5.54. The summed E-state index contributed by atoms with van der Waals surface area (Å²) in [7, 11) is 0. The molecule has 0 heterocycles. The van der Waals surface area contributed by atoms with E-state index in [1.165, 1.54) is 12.1 Å². The number of nitrogens with two attached hydrogens (primary N) is 1. The van der Waals surface area contributed by atoms with Crippen molar-refractivity contribution in [2.24, 2.45) is 5.73 Å². The van der Waals surface area contributed by atoms with Gasteiger partial charge in [0.25, 0.3) is 0 Å². The van der Waals surface area contributed by atoms with Gasteiger partial charge in [-0.25, -0.2) is 0 Å². The van der Waals surface area contributed by atoms with E-state index in [4.69, 9.17) is 5.73 Å². The molecule has 0 fully saturated rings. The Morgan fingerprint density at radius 2 is 2.00 bits per heavy atom. The summed E-state index contributed by atoms with van der Waals surface area (Å²) in [6.07, 6.45) is -2.63. The van der Waals surface area contributed by atoms with Gasteiger partial charge in [-0.15, -0.1) is 32.2 Å². The van der Waals surface area contributed by atoms with Crippen molar-refractivity contribution in [2.75, 3.05) is 0 Å². The topological polar surface area (TPSA) is 35.2 Å². The van der Waals surface area contributed by atoms with E-state index in [0.717, 1.165) is 0 Å². The van der Waals surface area contributed by atoms with Crippen molar-refractivity contribution in [1.29, 1.82) is 0 Å². The fraction of sp³-hybridized carbons (Fsp3) is 0.273. The van der Waals surface area contributed by atoms with Crippen LogP contribution in [-0.2, 0) is 0 Å². The molecule has 1 rings (SSSR count). The summed E-state index contributed by atoms with van der Waals surface area (Å²) in [5.41, 5.74) is 6.33. The Bertz CT molecular complexity index is 412. The number of halogens is 5. The fourth-order valence-electron chi connectivity index (χ4n) is 1.31. The monoisotopic (exact) mass is 345 g/mol. The summed E-state index contributed by atoms with van der Waals surface area (Å²) < 4.78 is 40.5. The highest BCUT2D eigenvalue weighted by molar-refractivity contribution is 9.10. The van der Waals surface area contributed by atoms with Gasteiger partial charge in [0.15, 0.2) is 0 Å². The number of benzene rings is 1. The van der Waals surface area contributed by atoms with Gasteiger partial charge >= 0.3 is 6.36 Å². The standard InChI is InChI=1S/C11H11BrF3NO.ClH/c1-2-3-10(16)7-4-8(12)6-9(5-7)17-11(13,14)15;/h2,4-6,10H,1,3,16H2;1H/t10-;/m0./s1. The van der Waals surface area contributed by atoms with Gasteiger partial charge in [-0.3, -0.25) is 0 Å². The predicted molar refractivity (Wildman–Crippen MR) is 69.8 cm³/mol. The van der Waals surface area contributed by atoms with Crippen LogP contribution in [0.15, 0.2) is 35.3 Å². The van der Waals surface area contributed by atoms with Crippen molar-refractivity contribution in [3.63, 3.8) is 0 Å². The number of ether oxygens (including phenoxy) is 1. The van der Waals surface area contributed by atoms with Gasteiger partial charge in [0, 0.05) is 10.5 Å². The van der Waals surface area contributed by atoms with Crippen LogP contribution >= 0.6 is 28.3 Å². The molecular formula is C11H12BrClF3NO. The molecule has 0 aliphatic heterocycles. The Morgan fingerprint density at radius 1 is 1.39 bits per heavy atom. The smallest absolute Gasteiger partial charge is 0.406 e. The molecule has 102 valence electrons. The average molecular weight is 347 g/mol. The van der Waals surface area contributed by atoms with Gasteiger partial charge in [0.1, 0.15) is 5.75 Å². The molecule has 0 unspecified atom stereocenters. The fourth-order valence-corrected chi connectivity index (χ4v) is 1.80. The van der Waals surface area contributed by atoms with E-state index in [-0.39, 0.29) is 18.2 Å². The van der Waals surface area contributed by atoms with E-state index in [1.54, 1.807) is 12.1 Å². The van der Waals surface area contributed by atoms with Crippen LogP contribution in [0.5, 0.6) is 5.75 Å². The van der Waals surface area contributed by atoms with Crippen LogP contribution in [0.3, 0.4) is 0 Å². The summed E-state index contributed by atoms with van der Waals surface area (Å²) in [6.45, 7) is 3.53. The molecule has 0 saturated heterocycles. The zero-order valence-electron chi connectivity index (χ0n) is 9.21. The molecule has 1 atom stereocenters. The second-order valence-corrected chi connectivity index (χ2v) is 4.31. The molecule has 0 saturated carbocycles. The number of hydrogen-bond acceptors (Lipinski definition) is 2. The minimum atomic E-state index is -4.71. The highest BCUT2D eigenvalue weighted by atomic mass is 79.9. The van der Waals surface area contributed by atoms with Crippen molar-refractivity contribution < 1.29 is 17.9 Å². The quantitative estimate of drug-likeness (QED) is 0.823. The first-order chi connectivity index (χ1) is 7.81. The maximum atomic E-state index is 12.1. The first-order valence-electron chi connectivity index (χ1n) is 4.74.